The van der Waals surface area contributed by atoms with Crippen LogP contribution in [0.5, 0.6) is 0 Å². The van der Waals surface area contributed by atoms with E-state index < -0.39 is 0 Å². The van der Waals surface area contributed by atoms with Gasteiger partial charge in [-0.1, -0.05) is 23.7 Å². The number of hydrogen-bond donors (Lipinski definition) is 1. The number of aryl methyl sites for hydroxylation is 1. The van der Waals surface area contributed by atoms with Crippen molar-refractivity contribution in [2.24, 2.45) is 0 Å². The lowest BCUT2D eigenvalue weighted by Crippen LogP contribution is -2.23. The van der Waals surface area contributed by atoms with Crippen molar-refractivity contribution >= 4 is 40.4 Å². The fourth-order valence-electron chi connectivity index (χ4n) is 2.27. The van der Waals surface area contributed by atoms with E-state index in [0.717, 1.165) is 10.4 Å². The van der Waals surface area contributed by atoms with Crippen LogP contribution < -0.4 is 5.32 Å². The van der Waals surface area contributed by atoms with Gasteiger partial charge in [0, 0.05) is 42.1 Å². The van der Waals surface area contributed by atoms with Crippen LogP contribution in [0.4, 0.5) is 0 Å². The fraction of sp³-hybridized carbons (Fsp3) is 0.316. The average Bonchev–Trinajstić information content (AvgIpc) is 3.02. The van der Waals surface area contributed by atoms with Crippen molar-refractivity contribution in [3.63, 3.8) is 0 Å². The lowest BCUT2D eigenvalue weighted by Gasteiger charge is -2.05. The van der Waals surface area contributed by atoms with E-state index in [9.17, 15) is 14.4 Å². The van der Waals surface area contributed by atoms with Crippen molar-refractivity contribution < 1.29 is 14.4 Å². The van der Waals surface area contributed by atoms with E-state index >= 15 is 0 Å². The summed E-state index contributed by atoms with van der Waals surface area (Å²) in [7, 11) is 0. The summed E-state index contributed by atoms with van der Waals surface area (Å²) >= 11 is 7.32. The number of Topliss-reactive ketones (excluding diaryl/α,β-unsaturated/α-hetero) is 2. The van der Waals surface area contributed by atoms with Crippen LogP contribution in [0.25, 0.3) is 0 Å². The molecule has 0 radical (unpaired) electrons. The minimum atomic E-state index is -0.187. The molecule has 6 heteroatoms. The van der Waals surface area contributed by atoms with Crippen molar-refractivity contribution in [1.82, 2.24) is 5.32 Å². The summed E-state index contributed by atoms with van der Waals surface area (Å²) in [5.74, 6) is -0.273. The Bertz CT molecular complexity index is 770. The first-order chi connectivity index (χ1) is 11.9. The van der Waals surface area contributed by atoms with Gasteiger partial charge in [0.2, 0.25) is 5.91 Å². The lowest BCUT2D eigenvalue weighted by molar-refractivity contribution is -0.125. The Morgan fingerprint density at radius 2 is 1.80 bits per heavy atom. The maximum absolute atomic E-state index is 12.0. The van der Waals surface area contributed by atoms with Crippen LogP contribution in [-0.2, 0) is 16.1 Å². The highest BCUT2D eigenvalue weighted by Crippen LogP contribution is 2.17. The number of rotatable bonds is 9. The van der Waals surface area contributed by atoms with Gasteiger partial charge in [-0.05, 0) is 36.8 Å². The van der Waals surface area contributed by atoms with E-state index in [-0.39, 0.29) is 43.2 Å². The fourth-order valence-corrected chi connectivity index (χ4v) is 3.32. The Balaban J connectivity index is 1.65. The quantitative estimate of drug-likeness (QED) is 0.661. The van der Waals surface area contributed by atoms with Gasteiger partial charge in [0.1, 0.15) is 5.78 Å². The lowest BCUT2D eigenvalue weighted by atomic mass is 10.1. The highest BCUT2D eigenvalue weighted by Gasteiger charge is 2.12. The summed E-state index contributed by atoms with van der Waals surface area (Å²) in [4.78, 5) is 37.4. The van der Waals surface area contributed by atoms with Gasteiger partial charge < -0.3 is 5.32 Å². The molecule has 1 N–H and O–H groups in total. The minimum Gasteiger partial charge on any atom is -0.352 e. The number of carbonyl (C=O) groups is 3. The first-order valence-corrected chi connectivity index (χ1v) is 9.26. The summed E-state index contributed by atoms with van der Waals surface area (Å²) in [6, 6.07) is 10.9. The number of halogens is 1. The Morgan fingerprint density at radius 1 is 1.04 bits per heavy atom. The van der Waals surface area contributed by atoms with E-state index in [1.165, 1.54) is 11.3 Å². The average molecular weight is 378 g/mol. The van der Waals surface area contributed by atoms with Crippen LogP contribution in [0.3, 0.4) is 0 Å². The monoisotopic (exact) mass is 377 g/mol. The van der Waals surface area contributed by atoms with Crippen molar-refractivity contribution in [1.29, 1.82) is 0 Å². The summed E-state index contributed by atoms with van der Waals surface area (Å²) < 4.78 is 0. The zero-order chi connectivity index (χ0) is 18.2. The molecule has 2 rings (SSSR count). The highest BCUT2D eigenvalue weighted by atomic mass is 35.5. The van der Waals surface area contributed by atoms with Gasteiger partial charge in [0.15, 0.2) is 5.78 Å². The Kier molecular flexibility index (Phi) is 7.34. The third-order valence-electron chi connectivity index (χ3n) is 3.66. The third-order valence-corrected chi connectivity index (χ3v) is 4.93. The molecular formula is C19H20ClNO3S. The van der Waals surface area contributed by atoms with Crippen LogP contribution in [0.2, 0.25) is 5.02 Å². The zero-order valence-electron chi connectivity index (χ0n) is 14.0. The van der Waals surface area contributed by atoms with Crippen molar-refractivity contribution in [2.75, 3.05) is 0 Å². The molecule has 4 nitrogen and oxygen atoms in total. The van der Waals surface area contributed by atoms with Crippen LogP contribution in [0.15, 0.2) is 36.4 Å². The molecule has 0 saturated heterocycles. The van der Waals surface area contributed by atoms with E-state index in [4.69, 9.17) is 11.6 Å². The molecule has 1 heterocycles. The first kappa shape index (κ1) is 19.3. The predicted molar refractivity (Wildman–Crippen MR) is 100 cm³/mol. The Labute approximate surface area is 156 Å². The summed E-state index contributed by atoms with van der Waals surface area (Å²) in [5.41, 5.74) is 0.906. The molecule has 0 atom stereocenters. The Morgan fingerprint density at radius 3 is 2.48 bits per heavy atom. The molecule has 0 spiro atoms. The normalized spacial score (nSPS) is 10.5. The van der Waals surface area contributed by atoms with Crippen LogP contribution in [-0.4, -0.2) is 17.5 Å². The molecule has 0 fully saturated rings. The van der Waals surface area contributed by atoms with E-state index in [1.807, 2.05) is 25.1 Å². The van der Waals surface area contributed by atoms with Gasteiger partial charge in [0.25, 0.3) is 0 Å². The molecule has 1 aromatic carbocycles. The van der Waals surface area contributed by atoms with Crippen LogP contribution >= 0.6 is 22.9 Å². The second-order valence-electron chi connectivity index (χ2n) is 5.78. The number of thiophene rings is 1. The molecule has 132 valence electrons. The molecule has 2 aromatic rings. The van der Waals surface area contributed by atoms with Gasteiger partial charge in [-0.3, -0.25) is 14.4 Å². The standard InChI is InChI=1S/C19H20ClNO3S/c1-13-5-9-18(25-13)17(23)8-6-16(22)7-10-19(24)21-12-14-3-2-4-15(20)11-14/h2-5,9,11H,6-8,10,12H2,1H3,(H,21,24). The van der Waals surface area contributed by atoms with Crippen molar-refractivity contribution in [2.45, 2.75) is 39.2 Å². The van der Waals surface area contributed by atoms with Gasteiger partial charge in [-0.15, -0.1) is 11.3 Å². The summed E-state index contributed by atoms with van der Waals surface area (Å²) in [6.07, 6.45) is 0.657. The highest BCUT2D eigenvalue weighted by molar-refractivity contribution is 7.14. The number of benzene rings is 1. The topological polar surface area (TPSA) is 63.2 Å². The smallest absolute Gasteiger partial charge is 0.220 e. The molecule has 0 unspecified atom stereocenters. The molecule has 1 amide bonds. The number of ketones is 2. The van der Waals surface area contributed by atoms with Crippen LogP contribution in [0, 0.1) is 6.92 Å². The number of hydrogen-bond acceptors (Lipinski definition) is 4. The third kappa shape index (κ3) is 6.80. The predicted octanol–water partition coefficient (Wildman–Crippen LogP) is 4.34. The largest absolute Gasteiger partial charge is 0.352 e. The first-order valence-electron chi connectivity index (χ1n) is 8.06. The second kappa shape index (κ2) is 9.49. The minimum absolute atomic E-state index is 0.0168. The van der Waals surface area contributed by atoms with Gasteiger partial charge in [-0.25, -0.2) is 0 Å². The molecule has 0 aliphatic rings. The molecular weight excluding hydrogens is 358 g/mol. The molecule has 0 bridgehead atoms. The van der Waals surface area contributed by atoms with Gasteiger partial charge in [-0.2, -0.15) is 0 Å². The summed E-state index contributed by atoms with van der Waals surface area (Å²) in [5, 5.41) is 3.38. The summed E-state index contributed by atoms with van der Waals surface area (Å²) in [6.45, 7) is 2.32. The zero-order valence-corrected chi connectivity index (χ0v) is 15.6. The SMILES string of the molecule is Cc1ccc(C(=O)CCC(=O)CCC(=O)NCc2cccc(Cl)c2)s1. The number of nitrogens with one attached hydrogen (secondary N) is 1. The molecule has 0 aliphatic carbocycles. The maximum Gasteiger partial charge on any atom is 0.220 e. The van der Waals surface area contributed by atoms with Gasteiger partial charge in [0.05, 0.1) is 4.88 Å². The number of amides is 1. The second-order valence-corrected chi connectivity index (χ2v) is 7.50. The Hall–Kier alpha value is -1.98. The maximum atomic E-state index is 12.0. The molecule has 1 aromatic heterocycles. The van der Waals surface area contributed by atoms with Crippen molar-refractivity contribution in [3.05, 3.63) is 56.7 Å². The molecule has 0 aliphatic heterocycles. The van der Waals surface area contributed by atoms with Crippen molar-refractivity contribution in [3.8, 4) is 0 Å². The van der Waals surface area contributed by atoms with E-state index in [0.29, 0.717) is 16.4 Å². The molecule has 25 heavy (non-hydrogen) atoms. The number of carbonyl (C=O) groups excluding carboxylic acids is 3. The van der Waals surface area contributed by atoms with E-state index in [1.54, 1.807) is 18.2 Å². The molecule has 0 saturated carbocycles. The van der Waals surface area contributed by atoms with Crippen LogP contribution in [0.1, 0.15) is 45.8 Å². The van der Waals surface area contributed by atoms with E-state index in [2.05, 4.69) is 5.32 Å². The van der Waals surface area contributed by atoms with Gasteiger partial charge >= 0.3 is 0 Å².